The maximum absolute atomic E-state index is 12.5. The number of halogens is 1. The third kappa shape index (κ3) is 8.20. The topological polar surface area (TPSA) is 124 Å². The molecule has 2 rings (SSSR count). The highest BCUT2D eigenvalue weighted by Gasteiger charge is 2.32. The molecule has 0 saturated carbocycles. The molecule has 0 aromatic heterocycles. The van der Waals surface area contributed by atoms with Crippen molar-refractivity contribution >= 4 is 23.4 Å². The maximum Gasteiger partial charge on any atom is 0.352 e. The highest BCUT2D eigenvalue weighted by Crippen LogP contribution is 2.22. The zero-order chi connectivity index (χ0) is 25.1. The lowest BCUT2D eigenvalue weighted by molar-refractivity contribution is -0.706. The Morgan fingerprint density at radius 3 is 2.26 bits per heavy atom. The number of nitrogens with zero attached hydrogens (tertiary/aromatic N) is 3. The monoisotopic (exact) mass is 493 g/mol. The molecule has 0 bridgehead atoms. The molecule has 184 valence electrons. The van der Waals surface area contributed by atoms with Gasteiger partial charge in [0.05, 0.1) is 18.6 Å². The molecule has 0 spiro atoms. The van der Waals surface area contributed by atoms with Crippen LogP contribution in [0.3, 0.4) is 0 Å². The summed E-state index contributed by atoms with van der Waals surface area (Å²) in [6.45, 7) is 2.85. The molecule has 2 aromatic carbocycles. The molecule has 0 radical (unpaired) electrons. The first-order chi connectivity index (χ1) is 16.1. The van der Waals surface area contributed by atoms with Gasteiger partial charge in [-0.1, -0.05) is 11.6 Å². The van der Waals surface area contributed by atoms with E-state index >= 15 is 0 Å². The summed E-state index contributed by atoms with van der Waals surface area (Å²) in [6, 6.07) is 12.9. The fraction of sp³-hybridized carbons (Fsp3) is 0.391. The number of unbranched alkanes of at least 4 members (excludes halogenated alkanes) is 1. The van der Waals surface area contributed by atoms with E-state index in [-0.39, 0.29) is 17.4 Å². The van der Waals surface area contributed by atoms with Crippen LogP contribution in [0.1, 0.15) is 42.6 Å². The number of hydrogen-bond donors (Lipinski definition) is 1. The van der Waals surface area contributed by atoms with Crippen LogP contribution < -0.4 is 4.74 Å². The van der Waals surface area contributed by atoms with Gasteiger partial charge in [0.2, 0.25) is 5.28 Å². The molecular formula is C23H28ClN3O7. The van der Waals surface area contributed by atoms with Gasteiger partial charge in [0.15, 0.2) is 11.4 Å². The molecule has 10 nitrogen and oxygen atoms in total. The number of hydrazine groups is 1. The van der Waals surface area contributed by atoms with Gasteiger partial charge in [0, 0.05) is 22.8 Å². The van der Waals surface area contributed by atoms with Crippen LogP contribution in [0, 0.1) is 5.21 Å². The fourth-order valence-electron chi connectivity index (χ4n) is 2.71. The first-order valence-electron chi connectivity index (χ1n) is 10.5. The maximum atomic E-state index is 12.5. The van der Waals surface area contributed by atoms with Crippen molar-refractivity contribution in [3.05, 3.63) is 69.9 Å². The van der Waals surface area contributed by atoms with Crippen molar-refractivity contribution in [2.24, 2.45) is 5.28 Å². The number of carbonyl (C=O) groups is 2. The highest BCUT2D eigenvalue weighted by molar-refractivity contribution is 6.30. The second kappa shape index (κ2) is 12.8. The van der Waals surface area contributed by atoms with Crippen LogP contribution in [0.15, 0.2) is 53.8 Å². The minimum absolute atomic E-state index is 0.0415. The van der Waals surface area contributed by atoms with Crippen LogP contribution >= 0.6 is 11.6 Å². The first kappa shape index (κ1) is 26.9. The van der Waals surface area contributed by atoms with Crippen molar-refractivity contribution in [2.75, 3.05) is 27.0 Å². The predicted octanol–water partition coefficient (Wildman–Crippen LogP) is 3.74. The van der Waals surface area contributed by atoms with Crippen molar-refractivity contribution in [3.63, 3.8) is 0 Å². The average Bonchev–Trinajstić information content (AvgIpc) is 2.81. The minimum atomic E-state index is -1.37. The summed E-state index contributed by atoms with van der Waals surface area (Å²) in [5.41, 5.74) is -0.419. The molecule has 0 atom stereocenters. The Morgan fingerprint density at radius 2 is 1.68 bits per heavy atom. The minimum Gasteiger partial charge on any atom is -0.569 e. The van der Waals surface area contributed by atoms with Gasteiger partial charge in [-0.05, 0) is 75.2 Å². The van der Waals surface area contributed by atoms with Gasteiger partial charge >= 0.3 is 5.97 Å². The molecule has 0 amide bonds. The second-order valence-electron chi connectivity index (χ2n) is 7.80. The third-order valence-corrected chi connectivity index (χ3v) is 4.89. The molecule has 0 aliphatic carbocycles. The zero-order valence-electron chi connectivity index (χ0n) is 19.3. The summed E-state index contributed by atoms with van der Waals surface area (Å²) in [5.74, 6) is -0.553. The van der Waals surface area contributed by atoms with Gasteiger partial charge in [-0.3, -0.25) is 4.79 Å². The van der Waals surface area contributed by atoms with Crippen LogP contribution in [0.4, 0.5) is 0 Å². The first-order valence-corrected chi connectivity index (χ1v) is 10.9. The van der Waals surface area contributed by atoms with E-state index in [2.05, 4.69) is 5.28 Å². The SMILES string of the molecule is CN(CCCCO)/[N+]([O-])=N/OCOC(=O)C(C)(C)Oc1ccc(C(=O)c2ccc(Cl)cc2)cc1. The lowest BCUT2D eigenvalue weighted by Crippen LogP contribution is -2.40. The molecule has 34 heavy (non-hydrogen) atoms. The number of carbonyl (C=O) groups excluding carboxylic acids is 2. The van der Waals surface area contributed by atoms with E-state index in [1.165, 1.54) is 25.9 Å². The number of aliphatic hydroxyl groups is 1. The van der Waals surface area contributed by atoms with E-state index < -0.39 is 18.4 Å². The van der Waals surface area contributed by atoms with Crippen molar-refractivity contribution in [1.29, 1.82) is 0 Å². The highest BCUT2D eigenvalue weighted by atomic mass is 35.5. The summed E-state index contributed by atoms with van der Waals surface area (Å²) in [4.78, 5) is 29.9. The van der Waals surface area contributed by atoms with Crippen LogP contribution in [0.2, 0.25) is 5.02 Å². The molecule has 11 heteroatoms. The standard InChI is InChI=1S/C23H28ClN3O7/c1-23(2,22(30)32-16-33-25-27(31)26(3)14-4-5-15-28)34-20-12-8-18(9-13-20)21(29)17-6-10-19(24)11-7-17/h6-13,28H,4-5,14-16H2,1-3H3/b27-25-. The molecule has 0 unspecified atom stereocenters. The molecular weight excluding hydrogens is 466 g/mol. The Balaban J connectivity index is 1.85. The summed E-state index contributed by atoms with van der Waals surface area (Å²) < 4.78 is 10.7. The van der Waals surface area contributed by atoms with Crippen LogP contribution in [-0.4, -0.2) is 59.4 Å². The number of aliphatic hydroxyl groups excluding tert-OH is 1. The lowest BCUT2D eigenvalue weighted by atomic mass is 10.0. The predicted molar refractivity (Wildman–Crippen MR) is 123 cm³/mol. The second-order valence-corrected chi connectivity index (χ2v) is 8.23. The van der Waals surface area contributed by atoms with E-state index in [0.29, 0.717) is 41.3 Å². The van der Waals surface area contributed by atoms with Gasteiger partial charge in [0.25, 0.3) is 6.79 Å². The normalized spacial score (nSPS) is 11.6. The number of ketones is 1. The van der Waals surface area contributed by atoms with Gasteiger partial charge < -0.3 is 24.6 Å². The van der Waals surface area contributed by atoms with Gasteiger partial charge in [0.1, 0.15) is 5.75 Å². The third-order valence-electron chi connectivity index (χ3n) is 4.64. The van der Waals surface area contributed by atoms with E-state index in [9.17, 15) is 14.8 Å². The van der Waals surface area contributed by atoms with Gasteiger partial charge in [-0.25, -0.2) is 4.79 Å². The Labute approximate surface area is 202 Å². The van der Waals surface area contributed by atoms with Gasteiger partial charge in [-0.15, -0.1) is 5.01 Å². The zero-order valence-corrected chi connectivity index (χ0v) is 20.0. The smallest absolute Gasteiger partial charge is 0.352 e. The number of hydrogen-bond acceptors (Lipinski definition) is 8. The average molecular weight is 494 g/mol. The number of ether oxygens (including phenoxy) is 2. The molecule has 0 aliphatic heterocycles. The van der Waals surface area contributed by atoms with Crippen molar-refractivity contribution in [3.8, 4) is 5.75 Å². The van der Waals surface area contributed by atoms with E-state index in [1.807, 2.05) is 0 Å². The van der Waals surface area contributed by atoms with E-state index in [0.717, 1.165) is 0 Å². The molecule has 2 aromatic rings. The fourth-order valence-corrected chi connectivity index (χ4v) is 2.83. The van der Waals surface area contributed by atoms with E-state index in [4.69, 9.17) is 31.0 Å². The molecule has 0 heterocycles. The van der Waals surface area contributed by atoms with Gasteiger partial charge in [-0.2, -0.15) is 0 Å². The Hall–Kier alpha value is -3.37. The summed E-state index contributed by atoms with van der Waals surface area (Å²) in [7, 11) is 1.51. The summed E-state index contributed by atoms with van der Waals surface area (Å²) in [6.07, 6.45) is 1.17. The lowest BCUT2D eigenvalue weighted by Gasteiger charge is -2.23. The van der Waals surface area contributed by atoms with Crippen molar-refractivity contribution < 1.29 is 34.0 Å². The largest absolute Gasteiger partial charge is 0.569 e. The summed E-state index contributed by atoms with van der Waals surface area (Å²) >= 11 is 5.85. The Morgan fingerprint density at radius 1 is 1.09 bits per heavy atom. The van der Waals surface area contributed by atoms with Crippen LogP contribution in [-0.2, 0) is 14.4 Å². The Bertz CT molecular complexity index is 979. The Kier molecular flexibility index (Phi) is 10.1. The van der Waals surface area contributed by atoms with Crippen LogP contribution in [0.5, 0.6) is 5.75 Å². The summed E-state index contributed by atoms with van der Waals surface area (Å²) in [5, 5.41) is 25.5. The molecule has 0 saturated heterocycles. The van der Waals surface area contributed by atoms with Crippen LogP contribution in [0.25, 0.3) is 0 Å². The molecule has 0 fully saturated rings. The number of esters is 1. The van der Waals surface area contributed by atoms with E-state index in [1.54, 1.807) is 48.5 Å². The van der Waals surface area contributed by atoms with Crippen molar-refractivity contribution in [1.82, 2.24) is 5.01 Å². The molecule has 0 aliphatic rings. The van der Waals surface area contributed by atoms with Crippen molar-refractivity contribution in [2.45, 2.75) is 32.3 Å². The number of benzene rings is 2. The quantitative estimate of drug-likeness (QED) is 0.0851. The number of rotatable bonds is 13. The molecule has 1 N–H and O–H groups in total.